The van der Waals surface area contributed by atoms with E-state index in [1.807, 2.05) is 0 Å². The van der Waals surface area contributed by atoms with E-state index in [2.05, 4.69) is 16.0 Å². The Balaban J connectivity index is 1.31. The first-order valence-electron chi connectivity index (χ1n) is 37.1. The lowest BCUT2D eigenvalue weighted by molar-refractivity contribution is -0.219. The number of likely N-dealkylation sites (N-methyl/N-ethyl adjacent to an activating group) is 7. The van der Waals surface area contributed by atoms with Crippen LogP contribution in [-0.2, 0) is 62.3 Å². The summed E-state index contributed by atoms with van der Waals surface area (Å²) in [4.78, 5) is 190. The van der Waals surface area contributed by atoms with E-state index >= 15 is 37.5 Å². The molecule has 3 heterocycles. The van der Waals surface area contributed by atoms with Crippen LogP contribution >= 0.6 is 0 Å². The fourth-order valence-corrected chi connectivity index (χ4v) is 16.4. The number of nitrogens with one attached hydrogen (secondary N) is 3. The molecule has 7 rings (SSSR count). The molecule has 0 aromatic rings. The molecule has 12 atom stereocenters. The summed E-state index contributed by atoms with van der Waals surface area (Å²) < 4.78 is 108. The molecule has 4 aliphatic carbocycles. The largest absolute Gasteiger partial charge is 0.397 e. The number of carbonyl (C=O) groups excluding carboxylic acids is 12. The average molecular weight is 1490 g/mol. The van der Waals surface area contributed by atoms with E-state index in [4.69, 9.17) is 4.74 Å². The van der Waals surface area contributed by atoms with Gasteiger partial charge in [-0.15, -0.1) is 0 Å². The molecule has 104 heavy (non-hydrogen) atoms. The van der Waals surface area contributed by atoms with Gasteiger partial charge in [0.2, 0.25) is 76.8 Å². The van der Waals surface area contributed by atoms with Crippen molar-refractivity contribution in [3.63, 3.8) is 0 Å². The zero-order valence-electron chi connectivity index (χ0n) is 62.5. The second kappa shape index (κ2) is 36.0. The summed E-state index contributed by atoms with van der Waals surface area (Å²) in [7, 11) is 10.9. The minimum atomic E-state index is -5.20. The second-order valence-electron chi connectivity index (χ2n) is 30.5. The maximum Gasteiger partial charge on any atom is 0.397 e. The molecule has 7 aliphatic rings. The third-order valence-electron chi connectivity index (χ3n) is 23.1. The minimum Gasteiger partial charge on any atom is -0.377 e. The third-order valence-corrected chi connectivity index (χ3v) is 23.1. The van der Waals surface area contributed by atoms with Gasteiger partial charge in [-0.25, -0.2) is 17.6 Å². The van der Waals surface area contributed by atoms with Crippen LogP contribution in [0.4, 0.5) is 30.7 Å². The van der Waals surface area contributed by atoms with Gasteiger partial charge in [-0.05, 0) is 127 Å². The van der Waals surface area contributed by atoms with Gasteiger partial charge in [0.05, 0.1) is 25.6 Å². The van der Waals surface area contributed by atoms with Crippen LogP contribution in [0.5, 0.6) is 0 Å². The van der Waals surface area contributed by atoms with E-state index in [0.29, 0.717) is 38.5 Å². The lowest BCUT2D eigenvalue weighted by Crippen LogP contribution is -2.68. The summed E-state index contributed by atoms with van der Waals surface area (Å²) in [5, 5.41) is 8.37. The Labute approximate surface area is 606 Å². The summed E-state index contributed by atoms with van der Waals surface area (Å²) in [6, 6.07) is -11.2. The van der Waals surface area contributed by atoms with Crippen LogP contribution in [0.1, 0.15) is 169 Å². The van der Waals surface area contributed by atoms with Crippen molar-refractivity contribution in [1.29, 1.82) is 0 Å². The van der Waals surface area contributed by atoms with E-state index < -0.39 is 237 Å². The molecular formula is C72H111F7N12O13. The normalized spacial score (nSPS) is 31.8. The van der Waals surface area contributed by atoms with Crippen LogP contribution in [-0.4, -0.2) is 289 Å². The first-order valence-corrected chi connectivity index (χ1v) is 37.1. The molecule has 12 amide bonds. The van der Waals surface area contributed by atoms with E-state index in [1.54, 1.807) is 39.8 Å². The molecule has 3 aliphatic heterocycles. The summed E-state index contributed by atoms with van der Waals surface area (Å²) >= 11 is 0. The van der Waals surface area contributed by atoms with Gasteiger partial charge in [0, 0.05) is 95.3 Å². The van der Waals surface area contributed by atoms with Gasteiger partial charge < -0.3 is 64.8 Å². The van der Waals surface area contributed by atoms with E-state index in [9.17, 15) is 50.7 Å². The molecule has 0 aromatic heterocycles. The Hall–Kier alpha value is -7.15. The summed E-state index contributed by atoms with van der Waals surface area (Å²) in [6.45, 7) is 5.00. The maximum atomic E-state index is 15.5. The Morgan fingerprint density at radius 2 is 1.29 bits per heavy atom. The van der Waals surface area contributed by atoms with Crippen molar-refractivity contribution in [2.45, 2.75) is 253 Å². The standard InChI is InChI=1S/C72H111F7N12O13/c1-13-42(4)59-67(101)85(8)41-57(94)87(10)51-24-17-16-20-33-90(66(51)100)54(36-43-27-31-71(75,76)32-28-43)65(99)84(7)40-55(92)80-49(26-25-44-34-47(73)58(48(74)35-44)72(77,78)79)63(97)91-39-46(104-15-3)37-52(91)62(96)82-70(29-21-30-70)69(103)89(12)60(45-22-18-19-23-45)68(102)88(11)53(64(98)83(5)6)38-56(93)86(9)50(14-2)61(95)81-59/h16-17,42-54,58-60H,13-15,18-41H2,1-12H3,(H,80,92)(H,81,95)(H,82,96)/b17-16-/t42-,44?,46+,47?,48?,49-,50-,51-,52-,53-,54-,58?,59-,60-/m0/s1. The number of alkyl halides is 7. The smallest absolute Gasteiger partial charge is 0.377 e. The summed E-state index contributed by atoms with van der Waals surface area (Å²) in [5.74, 6) is -17.9. The Morgan fingerprint density at radius 1 is 0.663 bits per heavy atom. The van der Waals surface area contributed by atoms with Gasteiger partial charge >= 0.3 is 6.18 Å². The van der Waals surface area contributed by atoms with Crippen LogP contribution in [0, 0.1) is 29.6 Å². The fourth-order valence-electron chi connectivity index (χ4n) is 16.4. The minimum absolute atomic E-state index is 0.00869. The number of rotatable bonds is 12. The van der Waals surface area contributed by atoms with E-state index in [1.165, 1.54) is 71.1 Å². The van der Waals surface area contributed by atoms with E-state index in [-0.39, 0.29) is 83.9 Å². The van der Waals surface area contributed by atoms with Crippen LogP contribution in [0.25, 0.3) is 0 Å². The van der Waals surface area contributed by atoms with Gasteiger partial charge in [0.15, 0.2) is 0 Å². The molecule has 6 fully saturated rings. The molecule has 0 aromatic carbocycles. The van der Waals surface area contributed by atoms with Crippen molar-refractivity contribution in [3.05, 3.63) is 12.2 Å². The highest BCUT2D eigenvalue weighted by Crippen LogP contribution is 2.45. The number of amides is 12. The Morgan fingerprint density at radius 3 is 1.86 bits per heavy atom. The number of fused-ring (bicyclic) bond motifs is 3. The SMILES string of the molecule is CCO[C@@H]1C[C@H]2C(=O)NC3(CCC3)C(=O)N(C)[C@@H](C3CCCC3)C(=O)N(C)[C@H](C(=O)N(C)C)CC(=O)N(C)[C@@H](CC)C(=O)N[C@@H]([C@@H](C)CC)C(=O)N(C)CC(=O)N(C)[C@H]3C/C=C\CCN(C3=O)[C@@H](CC3CCC(F)(F)CC3)C(=O)N(C)CC(=O)N[C@@H](CCC3CC(F)C(C(F)(F)F)C(F)C3)C(=O)N2C1. The lowest BCUT2D eigenvalue weighted by atomic mass is 9.74. The van der Waals surface area contributed by atoms with Crippen molar-refractivity contribution >= 4 is 70.9 Å². The maximum absolute atomic E-state index is 15.5. The molecule has 1 spiro atoms. The van der Waals surface area contributed by atoms with Gasteiger partial charge in [-0.1, -0.05) is 52.2 Å². The van der Waals surface area contributed by atoms with Crippen molar-refractivity contribution < 1.29 is 93.0 Å². The second-order valence-corrected chi connectivity index (χ2v) is 30.5. The monoisotopic (exact) mass is 1480 g/mol. The van der Waals surface area contributed by atoms with Gasteiger partial charge in [-0.2, -0.15) is 13.2 Å². The highest BCUT2D eigenvalue weighted by atomic mass is 19.4. The molecule has 2 saturated heterocycles. The predicted molar refractivity (Wildman–Crippen MR) is 367 cm³/mol. The molecule has 2 unspecified atom stereocenters. The number of ether oxygens (including phenoxy) is 1. The topological polar surface area (TPSA) is 279 Å². The van der Waals surface area contributed by atoms with Gasteiger partial charge in [0.25, 0.3) is 0 Å². The molecule has 0 radical (unpaired) electrons. The highest BCUT2D eigenvalue weighted by Gasteiger charge is 2.56. The quantitative estimate of drug-likeness (QED) is 0.168. The third kappa shape index (κ3) is 19.9. The molecule has 32 heteroatoms. The first-order chi connectivity index (χ1) is 48.8. The van der Waals surface area contributed by atoms with Crippen LogP contribution < -0.4 is 16.0 Å². The van der Waals surface area contributed by atoms with Crippen LogP contribution in [0.15, 0.2) is 12.2 Å². The number of nitrogens with zero attached hydrogens (tertiary/aromatic N) is 9. The lowest BCUT2D eigenvalue weighted by Gasteiger charge is -2.46. The fraction of sp³-hybridized carbons (Fsp3) is 0.806. The zero-order chi connectivity index (χ0) is 77.2. The van der Waals surface area contributed by atoms with Crippen LogP contribution in [0.3, 0.4) is 0 Å². The van der Waals surface area contributed by atoms with Gasteiger partial charge in [-0.3, -0.25) is 57.5 Å². The average Bonchev–Trinajstić information content (AvgIpc) is 1.39. The number of carbonyl (C=O) groups is 12. The summed E-state index contributed by atoms with van der Waals surface area (Å²) in [6.07, 6.45) is -8.92. The zero-order valence-corrected chi connectivity index (χ0v) is 62.5. The van der Waals surface area contributed by atoms with Crippen molar-refractivity contribution in [2.24, 2.45) is 29.6 Å². The molecule has 586 valence electrons. The van der Waals surface area contributed by atoms with Crippen molar-refractivity contribution in [2.75, 3.05) is 89.2 Å². The number of hydrogen-bond acceptors (Lipinski definition) is 13. The molecule has 25 nitrogen and oxygen atoms in total. The molecular weight excluding hydrogens is 1370 g/mol. The van der Waals surface area contributed by atoms with Crippen molar-refractivity contribution in [1.82, 2.24) is 60.0 Å². The molecule has 2 bridgehead atoms. The van der Waals surface area contributed by atoms with Crippen molar-refractivity contribution in [3.8, 4) is 0 Å². The highest BCUT2D eigenvalue weighted by molar-refractivity contribution is 6.01. The summed E-state index contributed by atoms with van der Waals surface area (Å²) in [5.41, 5.74) is -1.67. The van der Waals surface area contributed by atoms with Crippen LogP contribution in [0.2, 0.25) is 0 Å². The van der Waals surface area contributed by atoms with E-state index in [0.717, 1.165) is 29.4 Å². The Bertz CT molecular complexity index is 3120. The molecule has 4 saturated carbocycles. The first kappa shape index (κ1) is 84.1. The number of halogens is 7. The van der Waals surface area contributed by atoms with Gasteiger partial charge in [0.1, 0.15) is 72.1 Å². The Kier molecular flexibility index (Phi) is 29.1. The predicted octanol–water partition coefficient (Wildman–Crippen LogP) is 5.17. The number of hydrogen-bond donors (Lipinski definition) is 3. The molecule has 3 N–H and O–H groups in total.